The Balaban J connectivity index is 2.02. The van der Waals surface area contributed by atoms with Crippen molar-refractivity contribution in [1.29, 1.82) is 0 Å². The Morgan fingerprint density at radius 2 is 1.87 bits per heavy atom. The largest absolute Gasteiger partial charge is 0.493 e. The zero-order valence-corrected chi connectivity index (χ0v) is 18.1. The van der Waals surface area contributed by atoms with E-state index >= 15 is 0 Å². The fraction of sp³-hybridized carbons (Fsp3) is 0.348. The molecule has 0 aromatic heterocycles. The molecule has 1 amide bonds. The molecule has 0 atom stereocenters. The molecule has 0 heterocycles. The Morgan fingerprint density at radius 1 is 1.10 bits per heavy atom. The Bertz CT molecular complexity index is 913. The highest BCUT2D eigenvalue weighted by Gasteiger charge is 2.31. The van der Waals surface area contributed by atoms with Gasteiger partial charge in [-0.05, 0) is 48.4 Å². The molecule has 0 aliphatic heterocycles. The lowest BCUT2D eigenvalue weighted by molar-refractivity contribution is -0.137. The molecule has 0 aliphatic carbocycles. The summed E-state index contributed by atoms with van der Waals surface area (Å²) in [4.78, 5) is 12.2. The van der Waals surface area contributed by atoms with Gasteiger partial charge < -0.3 is 14.8 Å². The van der Waals surface area contributed by atoms with Crippen molar-refractivity contribution in [2.45, 2.75) is 38.8 Å². The lowest BCUT2D eigenvalue weighted by Crippen LogP contribution is -2.11. The maximum absolute atomic E-state index is 12.9. The van der Waals surface area contributed by atoms with Gasteiger partial charge in [-0.3, -0.25) is 4.79 Å². The molecule has 0 saturated heterocycles. The van der Waals surface area contributed by atoms with Crippen molar-refractivity contribution in [1.82, 2.24) is 0 Å². The number of hydrogen-bond donors (Lipinski definition) is 1. The van der Waals surface area contributed by atoms with Crippen molar-refractivity contribution in [3.8, 4) is 11.5 Å². The van der Waals surface area contributed by atoms with Crippen molar-refractivity contribution < 1.29 is 27.4 Å². The highest BCUT2D eigenvalue weighted by Crippen LogP contribution is 2.34. The molecule has 0 spiro atoms. The van der Waals surface area contributed by atoms with Gasteiger partial charge in [0.2, 0.25) is 5.91 Å². The second-order valence-electron chi connectivity index (χ2n) is 6.83. The van der Waals surface area contributed by atoms with Crippen LogP contribution in [0.2, 0.25) is 5.02 Å². The molecule has 0 fully saturated rings. The van der Waals surface area contributed by atoms with E-state index in [0.717, 1.165) is 43.9 Å². The van der Waals surface area contributed by atoms with E-state index in [1.54, 1.807) is 18.2 Å². The van der Waals surface area contributed by atoms with Crippen LogP contribution in [0.4, 0.5) is 18.9 Å². The van der Waals surface area contributed by atoms with Gasteiger partial charge in [0.15, 0.2) is 11.5 Å². The predicted octanol–water partition coefficient (Wildman–Crippen LogP) is 6.98. The van der Waals surface area contributed by atoms with Gasteiger partial charge in [-0.1, -0.05) is 43.9 Å². The van der Waals surface area contributed by atoms with E-state index in [4.69, 9.17) is 21.1 Å². The molecule has 1 N–H and O–H groups in total. The van der Waals surface area contributed by atoms with Crippen molar-refractivity contribution >= 4 is 29.3 Å². The second kappa shape index (κ2) is 11.6. The number of methoxy groups -OCH3 is 1. The molecule has 168 valence electrons. The van der Waals surface area contributed by atoms with Gasteiger partial charge in [-0.25, -0.2) is 0 Å². The lowest BCUT2D eigenvalue weighted by Gasteiger charge is -2.11. The van der Waals surface area contributed by atoms with Crippen LogP contribution in [0.25, 0.3) is 6.08 Å². The zero-order valence-electron chi connectivity index (χ0n) is 17.4. The Kier molecular flexibility index (Phi) is 9.24. The van der Waals surface area contributed by atoms with Gasteiger partial charge in [-0.15, -0.1) is 0 Å². The number of unbranched alkanes of at least 4 members (excludes halogenated alkanes) is 3. The number of alkyl halides is 3. The molecule has 8 heteroatoms. The normalized spacial score (nSPS) is 11.5. The molecule has 31 heavy (non-hydrogen) atoms. The number of hydrogen-bond acceptors (Lipinski definition) is 3. The molecule has 0 radical (unpaired) electrons. The minimum atomic E-state index is -4.53. The minimum Gasteiger partial charge on any atom is -0.493 e. The van der Waals surface area contributed by atoms with Crippen LogP contribution in [0, 0.1) is 0 Å². The van der Waals surface area contributed by atoms with Gasteiger partial charge in [-0.2, -0.15) is 13.2 Å². The summed E-state index contributed by atoms with van der Waals surface area (Å²) in [5.74, 6) is 0.520. The van der Waals surface area contributed by atoms with E-state index in [1.165, 1.54) is 19.3 Å². The average Bonchev–Trinajstić information content (AvgIpc) is 2.73. The van der Waals surface area contributed by atoms with Gasteiger partial charge in [0, 0.05) is 6.08 Å². The number of amides is 1. The molecule has 0 saturated carbocycles. The molecule has 0 bridgehead atoms. The summed E-state index contributed by atoms with van der Waals surface area (Å²) in [7, 11) is 1.52. The molecule has 0 aliphatic rings. The predicted molar refractivity (Wildman–Crippen MR) is 117 cm³/mol. The second-order valence-corrected chi connectivity index (χ2v) is 7.24. The fourth-order valence-corrected chi connectivity index (χ4v) is 2.93. The third-order valence-electron chi connectivity index (χ3n) is 4.42. The van der Waals surface area contributed by atoms with Crippen LogP contribution in [0.3, 0.4) is 0 Å². The minimum absolute atomic E-state index is 0.0110. The van der Waals surface area contributed by atoms with Gasteiger partial charge in [0.1, 0.15) is 0 Å². The van der Waals surface area contributed by atoms with E-state index < -0.39 is 17.6 Å². The van der Waals surface area contributed by atoms with Crippen molar-refractivity contribution in [3.05, 3.63) is 58.6 Å². The maximum Gasteiger partial charge on any atom is 0.416 e. The first kappa shape index (κ1) is 24.6. The van der Waals surface area contributed by atoms with Crippen LogP contribution in [0.15, 0.2) is 42.5 Å². The third kappa shape index (κ3) is 7.83. The lowest BCUT2D eigenvalue weighted by atomic mass is 10.1. The van der Waals surface area contributed by atoms with E-state index in [0.29, 0.717) is 23.7 Å². The molecular weight excluding hydrogens is 431 g/mol. The van der Waals surface area contributed by atoms with E-state index in [2.05, 4.69) is 12.2 Å². The molecule has 2 aromatic carbocycles. The number of benzene rings is 2. The van der Waals surface area contributed by atoms with E-state index in [1.807, 2.05) is 0 Å². The van der Waals surface area contributed by atoms with Gasteiger partial charge in [0.25, 0.3) is 0 Å². The zero-order chi connectivity index (χ0) is 22.9. The SMILES string of the molecule is CCCCCCOc1ccc(/C=C/C(=O)Nc2cc(C(F)(F)F)ccc2Cl)cc1OC. The fourth-order valence-electron chi connectivity index (χ4n) is 2.76. The number of anilines is 1. The first-order valence-electron chi connectivity index (χ1n) is 9.91. The van der Waals surface area contributed by atoms with Crippen LogP contribution in [0.1, 0.15) is 43.7 Å². The summed E-state index contributed by atoms with van der Waals surface area (Å²) in [6.07, 6.45) is 2.56. The first-order chi connectivity index (χ1) is 14.7. The molecule has 0 unspecified atom stereocenters. The quantitative estimate of drug-likeness (QED) is 0.310. The number of nitrogens with one attached hydrogen (secondary N) is 1. The van der Waals surface area contributed by atoms with Crippen LogP contribution in [0.5, 0.6) is 11.5 Å². The standard InChI is InChI=1S/C23H25ClF3NO3/c1-3-4-5-6-13-31-20-11-7-16(14-21(20)30-2)8-12-22(29)28-19-15-17(23(25,26)27)9-10-18(19)24/h7-12,14-15H,3-6,13H2,1-2H3,(H,28,29)/b12-8+. The van der Waals surface area contributed by atoms with Crippen LogP contribution in [-0.4, -0.2) is 19.6 Å². The van der Waals surface area contributed by atoms with Crippen LogP contribution in [-0.2, 0) is 11.0 Å². The van der Waals surface area contributed by atoms with Gasteiger partial charge >= 0.3 is 6.18 Å². The molecular formula is C23H25ClF3NO3. The number of carbonyl (C=O) groups excluding carboxylic acids is 1. The highest BCUT2D eigenvalue weighted by molar-refractivity contribution is 6.33. The number of halogens is 4. The number of ether oxygens (including phenoxy) is 2. The topological polar surface area (TPSA) is 47.6 Å². The van der Waals surface area contributed by atoms with Crippen LogP contribution < -0.4 is 14.8 Å². The molecule has 4 nitrogen and oxygen atoms in total. The number of rotatable bonds is 10. The third-order valence-corrected chi connectivity index (χ3v) is 4.75. The average molecular weight is 456 g/mol. The highest BCUT2D eigenvalue weighted by atomic mass is 35.5. The molecule has 2 rings (SSSR count). The number of carbonyl (C=O) groups is 1. The summed E-state index contributed by atoms with van der Waals surface area (Å²) >= 11 is 5.90. The summed E-state index contributed by atoms with van der Waals surface area (Å²) in [5.41, 5.74) is -0.345. The van der Waals surface area contributed by atoms with E-state index in [-0.39, 0.29) is 10.7 Å². The Labute approximate surface area is 185 Å². The first-order valence-corrected chi connectivity index (χ1v) is 10.3. The monoisotopic (exact) mass is 455 g/mol. The van der Waals surface area contributed by atoms with Crippen molar-refractivity contribution in [3.63, 3.8) is 0 Å². The molecule has 2 aromatic rings. The summed E-state index contributed by atoms with van der Waals surface area (Å²) in [5, 5.41) is 2.37. The van der Waals surface area contributed by atoms with Gasteiger partial charge in [0.05, 0.1) is 30.0 Å². The summed E-state index contributed by atoms with van der Waals surface area (Å²) in [6, 6.07) is 7.96. The van der Waals surface area contributed by atoms with Crippen molar-refractivity contribution in [2.75, 3.05) is 19.0 Å². The van der Waals surface area contributed by atoms with Crippen molar-refractivity contribution in [2.24, 2.45) is 0 Å². The van der Waals surface area contributed by atoms with E-state index in [9.17, 15) is 18.0 Å². The summed E-state index contributed by atoms with van der Waals surface area (Å²) in [6.45, 7) is 2.73. The maximum atomic E-state index is 12.9. The Hall–Kier alpha value is -2.67. The smallest absolute Gasteiger partial charge is 0.416 e. The van der Waals surface area contributed by atoms with Crippen LogP contribution >= 0.6 is 11.6 Å². The Morgan fingerprint density at radius 3 is 2.55 bits per heavy atom. The summed E-state index contributed by atoms with van der Waals surface area (Å²) < 4.78 is 49.6.